The average molecular weight is 354 g/mol. The maximum absolute atomic E-state index is 11.2. The van der Waals surface area contributed by atoms with E-state index in [2.05, 4.69) is 38.6 Å². The lowest BCUT2D eigenvalue weighted by atomic mass is 10.0. The zero-order valence-electron chi connectivity index (χ0n) is 16.4. The molecular weight excluding hydrogens is 324 g/mol. The van der Waals surface area contributed by atoms with E-state index >= 15 is 0 Å². The van der Waals surface area contributed by atoms with Gasteiger partial charge in [-0.25, -0.2) is 0 Å². The quantitative estimate of drug-likeness (QED) is 0.305. The maximum atomic E-state index is 11.2. The van der Waals surface area contributed by atoms with Crippen molar-refractivity contribution >= 4 is 5.97 Å². The van der Waals surface area contributed by atoms with Gasteiger partial charge in [0.05, 0.1) is 12.4 Å². The lowest BCUT2D eigenvalue weighted by Crippen LogP contribution is -2.02. The van der Waals surface area contributed by atoms with E-state index in [4.69, 9.17) is 9.47 Å². The summed E-state index contributed by atoms with van der Waals surface area (Å²) >= 11 is 0. The molecule has 3 nitrogen and oxygen atoms in total. The molecule has 1 aromatic rings. The molecule has 0 saturated carbocycles. The zero-order valence-corrected chi connectivity index (χ0v) is 16.4. The molecule has 0 N–H and O–H groups in total. The SMILES string of the molecule is C=C(/C=C\C=C(/C)OCc1c(C)cccc1C)/C=C/CCC(=O)OCC. The highest BCUT2D eigenvalue weighted by molar-refractivity contribution is 5.69. The molecule has 1 rings (SSSR count). The highest BCUT2D eigenvalue weighted by Gasteiger charge is 2.02. The molecule has 0 aromatic heterocycles. The summed E-state index contributed by atoms with van der Waals surface area (Å²) in [5.41, 5.74) is 4.59. The molecular formula is C23H30O3. The van der Waals surface area contributed by atoms with E-state index in [1.807, 2.05) is 44.2 Å². The Hall–Kier alpha value is -2.55. The Morgan fingerprint density at radius 2 is 1.85 bits per heavy atom. The summed E-state index contributed by atoms with van der Waals surface area (Å²) in [6, 6.07) is 6.26. The molecule has 0 atom stereocenters. The predicted octanol–water partition coefficient (Wildman–Crippen LogP) is 5.74. The van der Waals surface area contributed by atoms with E-state index in [1.54, 1.807) is 0 Å². The smallest absolute Gasteiger partial charge is 0.306 e. The molecule has 26 heavy (non-hydrogen) atoms. The van der Waals surface area contributed by atoms with Crippen molar-refractivity contribution in [2.45, 2.75) is 47.1 Å². The Morgan fingerprint density at radius 3 is 2.50 bits per heavy atom. The third-order valence-corrected chi connectivity index (χ3v) is 3.88. The van der Waals surface area contributed by atoms with Gasteiger partial charge in [0.25, 0.3) is 0 Å². The first kappa shape index (κ1) is 21.5. The number of allylic oxidation sites excluding steroid dienone is 7. The number of ether oxygens (including phenoxy) is 2. The largest absolute Gasteiger partial charge is 0.494 e. The molecule has 0 radical (unpaired) electrons. The van der Waals surface area contributed by atoms with E-state index < -0.39 is 0 Å². The second-order valence-electron chi connectivity index (χ2n) is 6.12. The van der Waals surface area contributed by atoms with Crippen LogP contribution in [-0.4, -0.2) is 12.6 Å². The van der Waals surface area contributed by atoms with Crippen molar-refractivity contribution in [3.05, 3.63) is 83.2 Å². The van der Waals surface area contributed by atoms with E-state index in [1.165, 1.54) is 16.7 Å². The normalized spacial score (nSPS) is 11.9. The van der Waals surface area contributed by atoms with Gasteiger partial charge in [0.15, 0.2) is 0 Å². The number of carbonyl (C=O) groups is 1. The van der Waals surface area contributed by atoms with Crippen molar-refractivity contribution in [3.8, 4) is 0 Å². The summed E-state index contributed by atoms with van der Waals surface area (Å²) in [5, 5.41) is 0. The van der Waals surface area contributed by atoms with E-state index in [9.17, 15) is 4.79 Å². The van der Waals surface area contributed by atoms with E-state index in [0.717, 1.165) is 11.3 Å². The van der Waals surface area contributed by atoms with Crippen LogP contribution in [0, 0.1) is 13.8 Å². The Balaban J connectivity index is 2.40. The van der Waals surface area contributed by atoms with Crippen LogP contribution in [-0.2, 0) is 20.9 Å². The molecule has 0 spiro atoms. The topological polar surface area (TPSA) is 35.5 Å². The van der Waals surface area contributed by atoms with Crippen molar-refractivity contribution in [3.63, 3.8) is 0 Å². The van der Waals surface area contributed by atoms with Crippen LogP contribution >= 0.6 is 0 Å². The third-order valence-electron chi connectivity index (χ3n) is 3.88. The zero-order chi connectivity index (χ0) is 19.4. The second kappa shape index (κ2) is 11.9. The summed E-state index contributed by atoms with van der Waals surface area (Å²) in [6.07, 6.45) is 10.6. The second-order valence-corrected chi connectivity index (χ2v) is 6.12. The van der Waals surface area contributed by atoms with Gasteiger partial charge in [-0.3, -0.25) is 4.79 Å². The number of aryl methyl sites for hydroxylation is 2. The van der Waals surface area contributed by atoms with Gasteiger partial charge in [-0.1, -0.05) is 49.1 Å². The van der Waals surface area contributed by atoms with Crippen LogP contribution in [0.25, 0.3) is 0 Å². The van der Waals surface area contributed by atoms with Gasteiger partial charge < -0.3 is 9.47 Å². The van der Waals surface area contributed by atoms with Crippen molar-refractivity contribution in [2.75, 3.05) is 6.61 Å². The van der Waals surface area contributed by atoms with Gasteiger partial charge in [-0.05, 0) is 62.5 Å². The Labute approximate surface area is 157 Å². The average Bonchev–Trinajstić information content (AvgIpc) is 2.58. The molecule has 0 amide bonds. The Morgan fingerprint density at radius 1 is 1.15 bits per heavy atom. The van der Waals surface area contributed by atoms with Gasteiger partial charge >= 0.3 is 5.97 Å². The highest BCUT2D eigenvalue weighted by atomic mass is 16.5. The fourth-order valence-corrected chi connectivity index (χ4v) is 2.34. The van der Waals surface area contributed by atoms with E-state index in [0.29, 0.717) is 26.1 Å². The number of esters is 1. The highest BCUT2D eigenvalue weighted by Crippen LogP contribution is 2.15. The van der Waals surface area contributed by atoms with Crippen LogP contribution in [0.15, 0.2) is 66.5 Å². The van der Waals surface area contributed by atoms with Crippen LogP contribution in [0.5, 0.6) is 0 Å². The van der Waals surface area contributed by atoms with Crippen LogP contribution in [0.1, 0.15) is 43.4 Å². The minimum absolute atomic E-state index is 0.169. The summed E-state index contributed by atoms with van der Waals surface area (Å²) in [5.74, 6) is 0.681. The van der Waals surface area contributed by atoms with Crippen molar-refractivity contribution in [1.29, 1.82) is 0 Å². The standard InChI is InChI=1S/C23H30O3/c1-6-25-23(24)16-8-7-11-18(2)12-9-15-21(5)26-17-22-19(3)13-10-14-20(22)4/h7,9-15H,2,6,8,16-17H2,1,3-5H3/b11-7+,12-9-,21-15+. The van der Waals surface area contributed by atoms with Crippen LogP contribution in [0.4, 0.5) is 0 Å². The lowest BCUT2D eigenvalue weighted by Gasteiger charge is -2.11. The van der Waals surface area contributed by atoms with E-state index in [-0.39, 0.29) is 5.97 Å². The number of benzene rings is 1. The molecule has 3 heteroatoms. The van der Waals surface area contributed by atoms with Crippen molar-refractivity contribution in [2.24, 2.45) is 0 Å². The molecule has 0 aliphatic rings. The molecule has 0 fully saturated rings. The maximum Gasteiger partial charge on any atom is 0.306 e. The minimum atomic E-state index is -0.169. The Bertz CT molecular complexity index is 673. The first-order valence-corrected chi connectivity index (χ1v) is 8.98. The van der Waals surface area contributed by atoms with Gasteiger partial charge in [0, 0.05) is 6.42 Å². The molecule has 0 bridgehead atoms. The fourth-order valence-electron chi connectivity index (χ4n) is 2.34. The van der Waals surface area contributed by atoms with Gasteiger partial charge in [0.1, 0.15) is 6.61 Å². The van der Waals surface area contributed by atoms with Crippen molar-refractivity contribution in [1.82, 2.24) is 0 Å². The molecule has 0 saturated heterocycles. The van der Waals surface area contributed by atoms with Gasteiger partial charge in [-0.2, -0.15) is 0 Å². The number of carbonyl (C=O) groups excluding carboxylic acids is 1. The van der Waals surface area contributed by atoms with Crippen LogP contribution in [0.2, 0.25) is 0 Å². The first-order valence-electron chi connectivity index (χ1n) is 8.98. The molecule has 0 unspecified atom stereocenters. The first-order chi connectivity index (χ1) is 12.4. The fraction of sp³-hybridized carbons (Fsp3) is 0.348. The molecule has 1 aromatic carbocycles. The van der Waals surface area contributed by atoms with Gasteiger partial charge in [-0.15, -0.1) is 0 Å². The lowest BCUT2D eigenvalue weighted by molar-refractivity contribution is -0.143. The number of hydrogen-bond donors (Lipinski definition) is 0. The molecule has 0 heterocycles. The third kappa shape index (κ3) is 8.52. The minimum Gasteiger partial charge on any atom is -0.494 e. The van der Waals surface area contributed by atoms with Crippen molar-refractivity contribution < 1.29 is 14.3 Å². The van der Waals surface area contributed by atoms with Crippen LogP contribution < -0.4 is 0 Å². The molecule has 0 aliphatic carbocycles. The monoisotopic (exact) mass is 354 g/mol. The molecule has 140 valence electrons. The Kier molecular flexibility index (Phi) is 9.85. The summed E-state index contributed by atoms with van der Waals surface area (Å²) < 4.78 is 10.7. The van der Waals surface area contributed by atoms with Crippen LogP contribution in [0.3, 0.4) is 0 Å². The van der Waals surface area contributed by atoms with Gasteiger partial charge in [0.2, 0.25) is 0 Å². The summed E-state index contributed by atoms with van der Waals surface area (Å²) in [4.78, 5) is 11.2. The predicted molar refractivity (Wildman–Crippen MR) is 108 cm³/mol. The summed E-state index contributed by atoms with van der Waals surface area (Å²) in [7, 11) is 0. The molecule has 0 aliphatic heterocycles. The summed E-state index contributed by atoms with van der Waals surface area (Å²) in [6.45, 7) is 12.9. The number of hydrogen-bond acceptors (Lipinski definition) is 3. The number of rotatable bonds is 10.